The Labute approximate surface area is 115 Å². The molecule has 1 aromatic rings. The summed E-state index contributed by atoms with van der Waals surface area (Å²) in [6.07, 6.45) is 2.85. The number of aromatic hydroxyl groups is 1. The molecule has 0 spiro atoms. The number of phenolic OH excluding ortho intramolecular Hbond substituents is 1. The van der Waals surface area contributed by atoms with Crippen molar-refractivity contribution in [2.45, 2.75) is 6.42 Å². The van der Waals surface area contributed by atoms with Gasteiger partial charge >= 0.3 is 12.0 Å². The predicted molar refractivity (Wildman–Crippen MR) is 75.1 cm³/mol. The Morgan fingerprint density at radius 3 is 2.68 bits per heavy atom. The highest BCUT2D eigenvalue weighted by Gasteiger charge is 2.09. The molecule has 1 aromatic carbocycles. The van der Waals surface area contributed by atoms with Crippen LogP contribution in [-0.4, -0.2) is 40.8 Å². The molecule has 0 atom stereocenters. The highest BCUT2D eigenvalue weighted by Crippen LogP contribution is 2.24. The van der Waals surface area contributed by atoms with Crippen molar-refractivity contribution < 1.29 is 19.8 Å². The number of aromatic carboxylic acids is 1. The molecular weight excluding hydrogens is 268 g/mol. The number of hydrogen-bond donors (Lipinski definition) is 4. The molecule has 0 aliphatic heterocycles. The Hall–Kier alpha value is -1.89. The number of benzene rings is 1. The number of phenols is 1. The molecule has 104 valence electrons. The first-order valence-corrected chi connectivity index (χ1v) is 7.04. The van der Waals surface area contributed by atoms with Crippen LogP contribution in [0, 0.1) is 0 Å². The second-order valence-corrected chi connectivity index (χ2v) is 4.75. The number of carboxylic acid groups (broad SMARTS) is 1. The zero-order valence-electron chi connectivity index (χ0n) is 10.5. The summed E-state index contributed by atoms with van der Waals surface area (Å²) >= 11 is 1.70. The quantitative estimate of drug-likeness (QED) is 0.473. The van der Waals surface area contributed by atoms with E-state index >= 15 is 0 Å². The van der Waals surface area contributed by atoms with Crippen molar-refractivity contribution in [2.75, 3.05) is 23.9 Å². The van der Waals surface area contributed by atoms with Crippen molar-refractivity contribution in [2.24, 2.45) is 0 Å². The van der Waals surface area contributed by atoms with Gasteiger partial charge in [0.2, 0.25) is 0 Å². The molecular formula is C12H16N2O4S. The van der Waals surface area contributed by atoms with Crippen LogP contribution in [-0.2, 0) is 0 Å². The molecule has 0 saturated heterocycles. The number of thioether (sulfide) groups is 1. The fourth-order valence-electron chi connectivity index (χ4n) is 1.36. The Kier molecular flexibility index (Phi) is 6.01. The highest BCUT2D eigenvalue weighted by atomic mass is 32.2. The van der Waals surface area contributed by atoms with Crippen LogP contribution in [0.15, 0.2) is 18.2 Å². The first-order chi connectivity index (χ1) is 9.04. The summed E-state index contributed by atoms with van der Waals surface area (Å²) in [6, 6.07) is 3.32. The maximum Gasteiger partial charge on any atom is 0.335 e. The standard InChI is InChI=1S/C12H16N2O4S/c1-19-6-2-5-13-12(18)14-9-4-3-8(11(16)17)7-10(9)15/h3-4,7,15H,2,5-6H2,1H3,(H,16,17)(H2,13,14,18). The predicted octanol–water partition coefficient (Wildman–Crippen LogP) is 1.96. The van der Waals surface area contributed by atoms with Crippen LogP contribution in [0.1, 0.15) is 16.8 Å². The summed E-state index contributed by atoms with van der Waals surface area (Å²) in [5.74, 6) is -0.457. The molecule has 0 aliphatic carbocycles. The molecule has 0 bridgehead atoms. The number of carbonyl (C=O) groups excluding carboxylic acids is 1. The molecule has 0 saturated carbocycles. The number of carbonyl (C=O) groups is 2. The van der Waals surface area contributed by atoms with Crippen molar-refractivity contribution in [3.05, 3.63) is 23.8 Å². The van der Waals surface area contributed by atoms with Gasteiger partial charge in [0.1, 0.15) is 5.75 Å². The molecule has 0 aliphatic rings. The number of anilines is 1. The molecule has 7 heteroatoms. The minimum absolute atomic E-state index is 0.0385. The van der Waals surface area contributed by atoms with Gasteiger partial charge in [0.05, 0.1) is 11.3 Å². The van der Waals surface area contributed by atoms with Crippen molar-refractivity contribution in [1.29, 1.82) is 0 Å². The third kappa shape index (κ3) is 5.09. The van der Waals surface area contributed by atoms with Gasteiger partial charge in [-0.2, -0.15) is 11.8 Å². The van der Waals surface area contributed by atoms with Gasteiger partial charge in [-0.1, -0.05) is 0 Å². The molecule has 4 N–H and O–H groups in total. The summed E-state index contributed by atoms with van der Waals surface area (Å²) < 4.78 is 0. The number of nitrogens with one attached hydrogen (secondary N) is 2. The first-order valence-electron chi connectivity index (χ1n) is 5.64. The SMILES string of the molecule is CSCCCNC(=O)Nc1ccc(C(=O)O)cc1O. The lowest BCUT2D eigenvalue weighted by Gasteiger charge is -2.09. The normalized spacial score (nSPS) is 9.95. The highest BCUT2D eigenvalue weighted by molar-refractivity contribution is 7.98. The van der Waals surface area contributed by atoms with Crippen LogP contribution in [0.4, 0.5) is 10.5 Å². The minimum Gasteiger partial charge on any atom is -0.506 e. The third-order valence-corrected chi connectivity index (χ3v) is 3.00. The van der Waals surface area contributed by atoms with Crippen LogP contribution in [0.3, 0.4) is 0 Å². The van der Waals surface area contributed by atoms with E-state index < -0.39 is 12.0 Å². The monoisotopic (exact) mass is 284 g/mol. The summed E-state index contributed by atoms with van der Waals surface area (Å²) in [4.78, 5) is 22.2. The van der Waals surface area contributed by atoms with Crippen LogP contribution >= 0.6 is 11.8 Å². The summed E-state index contributed by atoms with van der Waals surface area (Å²) in [5, 5.41) is 23.4. The minimum atomic E-state index is -1.14. The van der Waals surface area contributed by atoms with E-state index in [2.05, 4.69) is 10.6 Å². The van der Waals surface area contributed by atoms with Crippen molar-refractivity contribution >= 4 is 29.4 Å². The van der Waals surface area contributed by atoms with Gasteiger partial charge in [0.15, 0.2) is 0 Å². The lowest BCUT2D eigenvalue weighted by molar-refractivity contribution is 0.0696. The van der Waals surface area contributed by atoms with Gasteiger partial charge in [0.25, 0.3) is 0 Å². The molecule has 19 heavy (non-hydrogen) atoms. The van der Waals surface area contributed by atoms with Gasteiger partial charge in [-0.3, -0.25) is 0 Å². The average molecular weight is 284 g/mol. The van der Waals surface area contributed by atoms with Crippen LogP contribution in [0.25, 0.3) is 0 Å². The second kappa shape index (κ2) is 7.52. The van der Waals surface area contributed by atoms with E-state index in [4.69, 9.17) is 5.11 Å². The van der Waals surface area contributed by atoms with Crippen LogP contribution in [0.5, 0.6) is 5.75 Å². The first kappa shape index (κ1) is 15.2. The van der Waals surface area contributed by atoms with Gasteiger partial charge < -0.3 is 20.8 Å². The second-order valence-electron chi connectivity index (χ2n) is 3.76. The Bertz CT molecular complexity index is 465. The van der Waals surface area contributed by atoms with E-state index in [0.717, 1.165) is 18.2 Å². The van der Waals surface area contributed by atoms with E-state index in [-0.39, 0.29) is 17.0 Å². The number of amides is 2. The lowest BCUT2D eigenvalue weighted by atomic mass is 10.2. The van der Waals surface area contributed by atoms with Gasteiger partial charge in [-0.25, -0.2) is 9.59 Å². The third-order valence-electron chi connectivity index (χ3n) is 2.30. The maximum absolute atomic E-state index is 11.5. The lowest BCUT2D eigenvalue weighted by Crippen LogP contribution is -2.29. The van der Waals surface area contributed by atoms with Crippen LogP contribution in [0.2, 0.25) is 0 Å². The van der Waals surface area contributed by atoms with Crippen LogP contribution < -0.4 is 10.6 Å². The van der Waals surface area contributed by atoms with Crippen molar-refractivity contribution in [1.82, 2.24) is 5.32 Å². The molecule has 0 aromatic heterocycles. The smallest absolute Gasteiger partial charge is 0.335 e. The Balaban J connectivity index is 2.52. The van der Waals surface area contributed by atoms with E-state index in [1.807, 2.05) is 6.26 Å². The fraction of sp³-hybridized carbons (Fsp3) is 0.333. The zero-order valence-corrected chi connectivity index (χ0v) is 11.3. The number of hydrogen-bond acceptors (Lipinski definition) is 4. The topological polar surface area (TPSA) is 98.7 Å². The van der Waals surface area contributed by atoms with E-state index in [0.29, 0.717) is 6.54 Å². The largest absolute Gasteiger partial charge is 0.506 e. The molecule has 2 amide bonds. The molecule has 6 nitrogen and oxygen atoms in total. The van der Waals surface area contributed by atoms with Crippen molar-refractivity contribution in [3.8, 4) is 5.75 Å². The van der Waals surface area contributed by atoms with E-state index in [1.165, 1.54) is 12.1 Å². The van der Waals surface area contributed by atoms with E-state index in [1.54, 1.807) is 11.8 Å². The van der Waals surface area contributed by atoms with Gasteiger partial charge in [0, 0.05) is 6.54 Å². The maximum atomic E-state index is 11.5. The van der Waals surface area contributed by atoms with Gasteiger partial charge in [-0.15, -0.1) is 0 Å². The van der Waals surface area contributed by atoms with Crippen molar-refractivity contribution in [3.63, 3.8) is 0 Å². The number of carboxylic acids is 1. The Morgan fingerprint density at radius 2 is 2.11 bits per heavy atom. The number of rotatable bonds is 6. The molecule has 0 fully saturated rings. The molecule has 0 radical (unpaired) electrons. The summed E-state index contributed by atoms with van der Waals surface area (Å²) in [5.41, 5.74) is 0.135. The molecule has 1 rings (SSSR count). The average Bonchev–Trinajstić information content (AvgIpc) is 2.37. The number of urea groups is 1. The Morgan fingerprint density at radius 1 is 1.37 bits per heavy atom. The summed E-state index contributed by atoms with van der Waals surface area (Å²) in [6.45, 7) is 0.542. The fourth-order valence-corrected chi connectivity index (χ4v) is 1.79. The molecule has 0 heterocycles. The zero-order chi connectivity index (χ0) is 14.3. The van der Waals surface area contributed by atoms with E-state index in [9.17, 15) is 14.7 Å². The van der Waals surface area contributed by atoms with Gasteiger partial charge in [-0.05, 0) is 36.6 Å². The molecule has 0 unspecified atom stereocenters. The summed E-state index contributed by atoms with van der Waals surface area (Å²) in [7, 11) is 0.